The summed E-state index contributed by atoms with van der Waals surface area (Å²) in [5, 5.41) is 9.13. The van der Waals surface area contributed by atoms with E-state index in [1.54, 1.807) is 17.0 Å². The second kappa shape index (κ2) is 7.56. The number of carboxylic acid groups (broad SMARTS) is 1. The highest BCUT2D eigenvalue weighted by Gasteiger charge is 2.32. The van der Waals surface area contributed by atoms with Crippen molar-refractivity contribution >= 4 is 40.1 Å². The van der Waals surface area contributed by atoms with Gasteiger partial charge in [0.1, 0.15) is 10.4 Å². The Balaban J connectivity index is 1.79. The van der Waals surface area contributed by atoms with Gasteiger partial charge in [-0.2, -0.15) is 0 Å². The summed E-state index contributed by atoms with van der Waals surface area (Å²) in [5.41, 5.74) is 0.702. The van der Waals surface area contributed by atoms with E-state index in [1.165, 1.54) is 11.8 Å². The molecule has 1 N–H and O–H groups in total. The number of thioether (sulfide) groups is 1. The number of thiocarbonyl (C=S) groups is 1. The zero-order chi connectivity index (χ0) is 15.2. The number of benzene rings is 1. The largest absolute Gasteiger partial charge is 0.480 e. The number of Topliss-reactive ketones (excluding diaryl/α,β-unsaturated/α-hetero) is 1. The zero-order valence-corrected chi connectivity index (χ0v) is 13.2. The van der Waals surface area contributed by atoms with Crippen molar-refractivity contribution in [2.24, 2.45) is 0 Å². The Bertz CT molecular complexity index is 533. The molecule has 1 aliphatic heterocycles. The van der Waals surface area contributed by atoms with E-state index in [0.29, 0.717) is 35.0 Å². The van der Waals surface area contributed by atoms with Gasteiger partial charge in [-0.05, 0) is 12.8 Å². The van der Waals surface area contributed by atoms with Crippen LogP contribution in [0.2, 0.25) is 0 Å². The van der Waals surface area contributed by atoms with Crippen molar-refractivity contribution in [1.82, 2.24) is 4.90 Å². The average molecular weight is 323 g/mol. The van der Waals surface area contributed by atoms with Crippen molar-refractivity contribution in [3.63, 3.8) is 0 Å². The summed E-state index contributed by atoms with van der Waals surface area (Å²) in [6, 6.07) is 8.65. The minimum Gasteiger partial charge on any atom is -0.480 e. The minimum atomic E-state index is -0.823. The smallest absolute Gasteiger partial charge is 0.326 e. The molecule has 1 aromatic carbocycles. The van der Waals surface area contributed by atoms with Crippen LogP contribution in [0, 0.1) is 0 Å². The first-order chi connectivity index (χ1) is 10.1. The number of likely N-dealkylation sites (tertiary alicyclic amines) is 1. The summed E-state index contributed by atoms with van der Waals surface area (Å²) >= 11 is 6.68. The van der Waals surface area contributed by atoms with Gasteiger partial charge in [-0.25, -0.2) is 4.79 Å². The van der Waals surface area contributed by atoms with Crippen LogP contribution in [0.1, 0.15) is 29.6 Å². The molecule has 112 valence electrons. The van der Waals surface area contributed by atoms with E-state index in [9.17, 15) is 9.59 Å². The standard InChI is InChI=1S/C15H17NO3S2/c17-13(11-5-2-1-3-6-11)8-10-21-15(20)16-9-4-7-12(16)14(18)19/h1-3,5-6,12H,4,7-10H2,(H,18,19)/t12-/m0/s1. The van der Waals surface area contributed by atoms with Crippen molar-refractivity contribution in [3.05, 3.63) is 35.9 Å². The van der Waals surface area contributed by atoms with Crippen molar-refractivity contribution in [2.45, 2.75) is 25.3 Å². The molecule has 0 saturated carbocycles. The van der Waals surface area contributed by atoms with Gasteiger partial charge in [0.2, 0.25) is 0 Å². The number of hydrogen-bond acceptors (Lipinski definition) is 4. The molecule has 1 atom stereocenters. The molecule has 1 saturated heterocycles. The third-order valence-corrected chi connectivity index (χ3v) is 4.90. The number of carbonyl (C=O) groups excluding carboxylic acids is 1. The molecule has 1 fully saturated rings. The number of hydrogen-bond donors (Lipinski definition) is 1. The molecule has 21 heavy (non-hydrogen) atoms. The molecule has 0 spiro atoms. The van der Waals surface area contributed by atoms with Crippen LogP contribution in [0.15, 0.2) is 30.3 Å². The van der Waals surface area contributed by atoms with Crippen LogP contribution in [0.5, 0.6) is 0 Å². The summed E-state index contributed by atoms with van der Waals surface area (Å²) in [4.78, 5) is 24.8. The molecule has 1 aliphatic rings. The summed E-state index contributed by atoms with van der Waals surface area (Å²) in [5.74, 6) is -0.159. The molecule has 0 aromatic heterocycles. The monoisotopic (exact) mass is 323 g/mol. The van der Waals surface area contributed by atoms with E-state index in [0.717, 1.165) is 6.42 Å². The molecule has 1 aromatic rings. The van der Waals surface area contributed by atoms with Crippen molar-refractivity contribution < 1.29 is 14.7 Å². The second-order valence-electron chi connectivity index (χ2n) is 4.84. The number of ketones is 1. The van der Waals surface area contributed by atoms with E-state index in [2.05, 4.69) is 0 Å². The Kier molecular flexibility index (Phi) is 5.76. The van der Waals surface area contributed by atoms with Gasteiger partial charge in [-0.1, -0.05) is 54.3 Å². The Morgan fingerprint density at radius 3 is 2.71 bits per heavy atom. The molecule has 1 heterocycles. The third kappa shape index (κ3) is 4.28. The van der Waals surface area contributed by atoms with Crippen LogP contribution >= 0.6 is 24.0 Å². The highest BCUT2D eigenvalue weighted by atomic mass is 32.2. The van der Waals surface area contributed by atoms with Crippen LogP contribution < -0.4 is 0 Å². The van der Waals surface area contributed by atoms with E-state index < -0.39 is 12.0 Å². The molecule has 0 aliphatic carbocycles. The van der Waals surface area contributed by atoms with Gasteiger partial charge in [0, 0.05) is 24.3 Å². The first-order valence-electron chi connectivity index (χ1n) is 6.84. The van der Waals surface area contributed by atoms with E-state index in [1.807, 2.05) is 18.2 Å². The first-order valence-corrected chi connectivity index (χ1v) is 8.23. The lowest BCUT2D eigenvalue weighted by atomic mass is 10.1. The van der Waals surface area contributed by atoms with E-state index in [4.69, 9.17) is 17.3 Å². The third-order valence-electron chi connectivity index (χ3n) is 3.42. The highest BCUT2D eigenvalue weighted by Crippen LogP contribution is 2.23. The summed E-state index contributed by atoms with van der Waals surface area (Å²) in [7, 11) is 0. The van der Waals surface area contributed by atoms with Gasteiger partial charge in [-0.3, -0.25) is 4.79 Å². The van der Waals surface area contributed by atoms with Crippen LogP contribution in [0.3, 0.4) is 0 Å². The molecular formula is C15H17NO3S2. The first kappa shape index (κ1) is 16.0. The van der Waals surface area contributed by atoms with Crippen molar-refractivity contribution in [3.8, 4) is 0 Å². The van der Waals surface area contributed by atoms with Gasteiger partial charge in [-0.15, -0.1) is 0 Å². The quantitative estimate of drug-likeness (QED) is 0.664. The van der Waals surface area contributed by atoms with Gasteiger partial charge in [0.15, 0.2) is 5.78 Å². The number of nitrogens with zero attached hydrogens (tertiary/aromatic N) is 1. The Labute approximate surface area is 133 Å². The lowest BCUT2D eigenvalue weighted by Gasteiger charge is -2.23. The van der Waals surface area contributed by atoms with Crippen LogP contribution in [0.4, 0.5) is 0 Å². The fourth-order valence-corrected chi connectivity index (χ4v) is 3.64. The molecular weight excluding hydrogens is 306 g/mol. The van der Waals surface area contributed by atoms with E-state index >= 15 is 0 Å². The number of carboxylic acids is 1. The Morgan fingerprint density at radius 1 is 1.33 bits per heavy atom. The lowest BCUT2D eigenvalue weighted by molar-refractivity contribution is -0.140. The summed E-state index contributed by atoms with van der Waals surface area (Å²) < 4.78 is 0.584. The summed E-state index contributed by atoms with van der Waals surface area (Å²) in [6.45, 7) is 0.690. The maximum Gasteiger partial charge on any atom is 0.326 e. The number of aliphatic carboxylic acids is 1. The van der Waals surface area contributed by atoms with Gasteiger partial charge in [0.05, 0.1) is 0 Å². The fourth-order valence-electron chi connectivity index (χ4n) is 2.32. The normalized spacial score (nSPS) is 17.7. The Hall–Kier alpha value is -1.40. The van der Waals surface area contributed by atoms with E-state index in [-0.39, 0.29) is 5.78 Å². The van der Waals surface area contributed by atoms with Crippen molar-refractivity contribution in [2.75, 3.05) is 12.3 Å². The van der Waals surface area contributed by atoms with Crippen LogP contribution in [-0.2, 0) is 4.79 Å². The maximum absolute atomic E-state index is 12.0. The highest BCUT2D eigenvalue weighted by molar-refractivity contribution is 8.22. The van der Waals surface area contributed by atoms with Crippen LogP contribution in [0.25, 0.3) is 0 Å². The minimum absolute atomic E-state index is 0.0853. The van der Waals surface area contributed by atoms with Crippen molar-refractivity contribution in [1.29, 1.82) is 0 Å². The molecule has 0 bridgehead atoms. The molecule has 4 nitrogen and oxygen atoms in total. The zero-order valence-electron chi connectivity index (χ0n) is 11.5. The molecule has 6 heteroatoms. The Morgan fingerprint density at radius 2 is 2.05 bits per heavy atom. The average Bonchev–Trinajstić information content (AvgIpc) is 2.97. The van der Waals surface area contributed by atoms with Gasteiger partial charge < -0.3 is 10.0 Å². The molecule has 0 radical (unpaired) electrons. The molecule has 0 unspecified atom stereocenters. The predicted octanol–water partition coefficient (Wildman–Crippen LogP) is 2.83. The lowest BCUT2D eigenvalue weighted by Crippen LogP contribution is -2.38. The number of rotatable bonds is 5. The molecule has 0 amide bonds. The topological polar surface area (TPSA) is 57.6 Å². The van der Waals surface area contributed by atoms with Gasteiger partial charge >= 0.3 is 5.97 Å². The number of carbonyl (C=O) groups is 2. The fraction of sp³-hybridized carbons (Fsp3) is 0.400. The van der Waals surface area contributed by atoms with Gasteiger partial charge in [0.25, 0.3) is 0 Å². The second-order valence-corrected chi connectivity index (χ2v) is 6.57. The summed E-state index contributed by atoms with van der Waals surface area (Å²) in [6.07, 6.45) is 1.89. The predicted molar refractivity (Wildman–Crippen MR) is 87.8 cm³/mol. The van der Waals surface area contributed by atoms with Crippen LogP contribution in [-0.4, -0.2) is 44.4 Å². The SMILES string of the molecule is O=C(CCSC(=S)N1CCC[C@H]1C(=O)O)c1ccccc1. The molecule has 2 rings (SSSR count). The maximum atomic E-state index is 12.0.